The van der Waals surface area contributed by atoms with Gasteiger partial charge in [0, 0.05) is 0 Å². The molecule has 90 heavy (non-hydrogen) atoms. The third-order valence-corrected chi connectivity index (χ3v) is 20.7. The first-order valence-corrected chi connectivity index (χ1v) is 35.8. The quantitative estimate of drug-likeness (QED) is 0.0347. The maximum Gasteiger partial charge on any atom is 0.339 e. The number of benzene rings is 1. The van der Waals surface area contributed by atoms with Crippen LogP contribution >= 0.6 is 0 Å². The molecule has 0 N–H and O–H groups in total. The molecule has 0 spiro atoms. The number of ether oxygens (including phenoxy) is 6. The smallest absolute Gasteiger partial charge is 0.339 e. The predicted molar refractivity (Wildman–Crippen MR) is 371 cm³/mol. The molecule has 0 aliphatic carbocycles. The lowest BCUT2D eigenvalue weighted by Gasteiger charge is -2.27. The summed E-state index contributed by atoms with van der Waals surface area (Å²) < 4.78 is 36.4. The van der Waals surface area contributed by atoms with Gasteiger partial charge >= 0.3 is 35.8 Å². The third-order valence-electron chi connectivity index (χ3n) is 20.7. The molecule has 0 radical (unpaired) electrons. The standard InChI is InChI=1S/C78H138O12/c1-55(73(7,8)9)43-31-25-37-49-85-67(79)61-62(68(80)86-50-38-26-32-44-56(2)74(10,11)12)64(70(82)88-52-40-28-34-46-58(4)76(16,17)18)66(72(84)90-54-42-30-36-48-60(6)78(22,23)24)65(71(83)89-53-41-29-35-47-59(5)77(19,20)21)63(61)69(81)87-51-39-27-33-45-57(3)75(13,14)15/h55-60H,25-54H2,1-24H3/t55-,56-,57-,58-,59-,60-/m1/s1. The summed E-state index contributed by atoms with van der Waals surface area (Å²) >= 11 is 0. The molecule has 0 bridgehead atoms. The van der Waals surface area contributed by atoms with Crippen LogP contribution in [0.5, 0.6) is 0 Å². The number of esters is 6. The van der Waals surface area contributed by atoms with Crippen LogP contribution in [-0.4, -0.2) is 75.5 Å². The fourth-order valence-electron chi connectivity index (χ4n) is 10.4. The molecular weight excluding hydrogens is 1130 g/mol. The number of unbranched alkanes of at least 4 members (excludes halogenated alkanes) is 12. The first kappa shape index (κ1) is 84.1. The first-order chi connectivity index (χ1) is 41.6. The van der Waals surface area contributed by atoms with E-state index in [1.807, 2.05) is 0 Å². The summed E-state index contributed by atoms with van der Waals surface area (Å²) in [5.41, 5.74) is -3.53. The summed E-state index contributed by atoms with van der Waals surface area (Å²) in [4.78, 5) is 92.1. The molecule has 0 heterocycles. The second-order valence-corrected chi connectivity index (χ2v) is 33.8. The van der Waals surface area contributed by atoms with Crippen molar-refractivity contribution in [2.75, 3.05) is 39.6 Å². The Morgan fingerprint density at radius 2 is 0.322 bits per heavy atom. The molecule has 0 saturated carbocycles. The molecule has 0 aromatic heterocycles. The molecule has 1 aromatic carbocycles. The van der Waals surface area contributed by atoms with Crippen molar-refractivity contribution in [1.82, 2.24) is 0 Å². The highest BCUT2D eigenvalue weighted by Crippen LogP contribution is 2.37. The Balaban J connectivity index is 4.47. The molecule has 0 aliphatic rings. The van der Waals surface area contributed by atoms with E-state index >= 15 is 28.8 Å². The Morgan fingerprint density at radius 3 is 0.422 bits per heavy atom. The van der Waals surface area contributed by atoms with Crippen molar-refractivity contribution in [1.29, 1.82) is 0 Å². The largest absolute Gasteiger partial charge is 0.462 e. The van der Waals surface area contributed by atoms with Gasteiger partial charge in [-0.25, -0.2) is 28.8 Å². The van der Waals surface area contributed by atoms with Gasteiger partial charge in [-0.15, -0.1) is 0 Å². The predicted octanol–water partition coefficient (Wildman–Crippen LogP) is 22.1. The Morgan fingerprint density at radius 1 is 0.211 bits per heavy atom. The van der Waals surface area contributed by atoms with Crippen LogP contribution in [0, 0.1) is 68.0 Å². The van der Waals surface area contributed by atoms with Gasteiger partial charge in [-0.05, 0) is 107 Å². The fraction of sp³-hybridized carbons (Fsp3) is 0.846. The summed E-state index contributed by atoms with van der Waals surface area (Å²) in [5.74, 6) is -4.27. The molecule has 1 rings (SSSR count). The lowest BCUT2D eigenvalue weighted by molar-refractivity contribution is 0.0384. The summed E-state index contributed by atoms with van der Waals surface area (Å²) in [5, 5.41) is 0. The molecule has 6 atom stereocenters. The minimum absolute atomic E-state index is 0.106. The van der Waals surface area contributed by atoms with Gasteiger partial charge < -0.3 is 28.4 Å². The summed E-state index contributed by atoms with van der Waals surface area (Å²) in [6.45, 7) is 52.6. The highest BCUT2D eigenvalue weighted by molar-refractivity contribution is 6.24. The van der Waals surface area contributed by atoms with E-state index in [1.165, 1.54) is 0 Å². The number of carbonyl (C=O) groups excluding carboxylic acids is 6. The van der Waals surface area contributed by atoms with Crippen molar-refractivity contribution in [3.8, 4) is 0 Å². The van der Waals surface area contributed by atoms with Crippen LogP contribution in [0.15, 0.2) is 0 Å². The average molecular weight is 1270 g/mol. The fourth-order valence-corrected chi connectivity index (χ4v) is 10.4. The van der Waals surface area contributed by atoms with Gasteiger partial charge in [-0.1, -0.05) is 282 Å². The Bertz CT molecular complexity index is 1850. The zero-order chi connectivity index (χ0) is 68.8. The average Bonchev–Trinajstić information content (AvgIpc) is 0.733. The maximum absolute atomic E-state index is 15.4. The van der Waals surface area contributed by atoms with Gasteiger partial charge in [-0.2, -0.15) is 0 Å². The van der Waals surface area contributed by atoms with Crippen LogP contribution in [0.25, 0.3) is 0 Å². The molecule has 0 amide bonds. The SMILES string of the molecule is C[C@H](CCCCCOC(=O)c1c(C(=O)OCCCCC[C@@H](C)C(C)(C)C)c(C(=O)OCCCCC[C@@H](C)C(C)(C)C)c(C(=O)OCCCCC[C@@H](C)C(C)(C)C)c(C(=O)OCCCCC[C@@H](C)C(C)(C)C)c1C(=O)OCCCCC[C@@H](C)C(C)(C)C)C(C)(C)C. The zero-order valence-electron chi connectivity index (χ0n) is 62.6. The van der Waals surface area contributed by atoms with Gasteiger partial charge in [-0.3, -0.25) is 0 Å². The highest BCUT2D eigenvalue weighted by atomic mass is 16.6. The van der Waals surface area contributed by atoms with Gasteiger partial charge in [0.1, 0.15) is 0 Å². The van der Waals surface area contributed by atoms with Crippen LogP contribution in [-0.2, 0) is 28.4 Å². The number of carbonyl (C=O) groups is 6. The first-order valence-electron chi connectivity index (χ1n) is 35.8. The molecular formula is C78H138O12. The summed E-state index contributed by atoms with van der Waals surface area (Å²) in [6, 6.07) is 0. The lowest BCUT2D eigenvalue weighted by Crippen LogP contribution is -2.32. The van der Waals surface area contributed by atoms with Crippen molar-refractivity contribution in [3.63, 3.8) is 0 Å². The van der Waals surface area contributed by atoms with E-state index in [-0.39, 0.29) is 72.1 Å². The van der Waals surface area contributed by atoms with Crippen molar-refractivity contribution in [3.05, 3.63) is 33.4 Å². The third kappa shape index (κ3) is 32.3. The van der Waals surface area contributed by atoms with E-state index in [9.17, 15) is 0 Å². The van der Waals surface area contributed by atoms with Crippen molar-refractivity contribution in [2.24, 2.45) is 68.0 Å². The van der Waals surface area contributed by atoms with Gasteiger partial charge in [0.05, 0.1) is 73.0 Å². The highest BCUT2D eigenvalue weighted by Gasteiger charge is 2.44. The molecule has 12 nitrogen and oxygen atoms in total. The minimum Gasteiger partial charge on any atom is -0.462 e. The van der Waals surface area contributed by atoms with E-state index in [1.54, 1.807) is 0 Å². The molecule has 0 unspecified atom stereocenters. The van der Waals surface area contributed by atoms with Crippen LogP contribution < -0.4 is 0 Å². The number of rotatable bonds is 42. The Labute approximate surface area is 551 Å². The van der Waals surface area contributed by atoms with Crippen molar-refractivity contribution < 1.29 is 57.2 Å². The van der Waals surface area contributed by atoms with Gasteiger partial charge in [0.2, 0.25) is 0 Å². The van der Waals surface area contributed by atoms with E-state index < -0.39 is 69.2 Å². The Hall–Kier alpha value is -3.96. The molecule has 1 aromatic rings. The van der Waals surface area contributed by atoms with Crippen LogP contribution in [0.2, 0.25) is 0 Å². The molecule has 522 valence electrons. The van der Waals surface area contributed by atoms with Crippen LogP contribution in [0.1, 0.15) is 382 Å². The van der Waals surface area contributed by atoms with Crippen molar-refractivity contribution in [2.45, 2.75) is 320 Å². The lowest BCUT2D eigenvalue weighted by atomic mass is 9.79. The van der Waals surface area contributed by atoms with Crippen molar-refractivity contribution >= 4 is 35.8 Å². The van der Waals surface area contributed by atoms with E-state index in [2.05, 4.69) is 166 Å². The second-order valence-electron chi connectivity index (χ2n) is 33.8. The van der Waals surface area contributed by atoms with E-state index in [0.29, 0.717) is 74.0 Å². The number of hydrogen-bond acceptors (Lipinski definition) is 12. The molecule has 0 fully saturated rings. The summed E-state index contributed by atoms with van der Waals surface area (Å²) in [7, 11) is 0. The normalized spacial score (nSPS) is 14.7. The Kier molecular flexibility index (Phi) is 37.7. The minimum atomic E-state index is -1.15. The second kappa shape index (κ2) is 40.3. The molecule has 12 heteroatoms. The monoisotopic (exact) mass is 1270 g/mol. The topological polar surface area (TPSA) is 158 Å². The van der Waals surface area contributed by atoms with Gasteiger partial charge in [0.15, 0.2) is 0 Å². The molecule has 0 saturated heterocycles. The molecule has 0 aliphatic heterocycles. The number of hydrogen-bond donors (Lipinski definition) is 0. The van der Waals surface area contributed by atoms with E-state index in [0.717, 1.165) is 116 Å². The van der Waals surface area contributed by atoms with Crippen LogP contribution in [0.3, 0.4) is 0 Å². The zero-order valence-corrected chi connectivity index (χ0v) is 62.6. The summed E-state index contributed by atoms with van der Waals surface area (Å²) in [6.07, 6.45) is 18.1. The van der Waals surface area contributed by atoms with Crippen LogP contribution in [0.4, 0.5) is 0 Å². The van der Waals surface area contributed by atoms with E-state index in [4.69, 9.17) is 28.4 Å². The van der Waals surface area contributed by atoms with Gasteiger partial charge in [0.25, 0.3) is 0 Å². The maximum atomic E-state index is 15.4.